The molecule has 0 aromatic heterocycles. The Morgan fingerprint density at radius 2 is 1.76 bits per heavy atom. The summed E-state index contributed by atoms with van der Waals surface area (Å²) in [7, 11) is 0. The van der Waals surface area contributed by atoms with E-state index in [9.17, 15) is 9.59 Å². The lowest BCUT2D eigenvalue weighted by Crippen LogP contribution is -2.64. The van der Waals surface area contributed by atoms with E-state index in [0.717, 1.165) is 26.2 Å². The Morgan fingerprint density at radius 3 is 2.24 bits per heavy atom. The SMILES string of the molecule is CCC1(CC)C(=O)N=C(C(C)(C)N2CCNCC2)NC1=O. The fourth-order valence-electron chi connectivity index (χ4n) is 3.10. The Morgan fingerprint density at radius 1 is 1.19 bits per heavy atom. The summed E-state index contributed by atoms with van der Waals surface area (Å²) in [6.45, 7) is 11.3. The van der Waals surface area contributed by atoms with Gasteiger partial charge in [-0.05, 0) is 26.7 Å². The number of hydrogen-bond donors (Lipinski definition) is 2. The largest absolute Gasteiger partial charge is 0.314 e. The van der Waals surface area contributed by atoms with Gasteiger partial charge < -0.3 is 10.6 Å². The smallest absolute Gasteiger partial charge is 0.263 e. The zero-order valence-electron chi connectivity index (χ0n) is 13.5. The number of carbonyl (C=O) groups is 2. The fraction of sp³-hybridized carbons (Fsp3) is 0.800. The van der Waals surface area contributed by atoms with E-state index in [4.69, 9.17) is 0 Å². The number of piperazine rings is 1. The molecule has 2 N–H and O–H groups in total. The number of aliphatic imine (C=N–C) groups is 1. The van der Waals surface area contributed by atoms with Gasteiger partial charge in [0, 0.05) is 26.2 Å². The molecule has 2 aliphatic heterocycles. The van der Waals surface area contributed by atoms with Gasteiger partial charge in [-0.25, -0.2) is 0 Å². The first-order valence-corrected chi connectivity index (χ1v) is 7.79. The van der Waals surface area contributed by atoms with Gasteiger partial charge in [-0.2, -0.15) is 4.99 Å². The van der Waals surface area contributed by atoms with Crippen molar-refractivity contribution in [3.8, 4) is 0 Å². The van der Waals surface area contributed by atoms with E-state index in [0.29, 0.717) is 18.7 Å². The topological polar surface area (TPSA) is 73.8 Å². The molecule has 2 rings (SSSR count). The second-order valence-electron chi connectivity index (χ2n) is 6.30. The van der Waals surface area contributed by atoms with Gasteiger partial charge in [0.1, 0.15) is 11.3 Å². The molecule has 118 valence electrons. The number of rotatable bonds is 4. The summed E-state index contributed by atoms with van der Waals surface area (Å²) in [6, 6.07) is 0. The maximum absolute atomic E-state index is 12.5. The summed E-state index contributed by atoms with van der Waals surface area (Å²) >= 11 is 0. The van der Waals surface area contributed by atoms with Crippen LogP contribution in [-0.2, 0) is 9.59 Å². The molecule has 0 radical (unpaired) electrons. The van der Waals surface area contributed by atoms with Gasteiger partial charge >= 0.3 is 0 Å². The molecule has 1 fully saturated rings. The van der Waals surface area contributed by atoms with E-state index < -0.39 is 11.0 Å². The second kappa shape index (κ2) is 5.85. The first-order valence-electron chi connectivity index (χ1n) is 7.79. The minimum Gasteiger partial charge on any atom is -0.314 e. The molecule has 2 amide bonds. The molecule has 0 bridgehead atoms. The molecule has 0 spiro atoms. The average molecular weight is 294 g/mol. The molecule has 0 unspecified atom stereocenters. The van der Waals surface area contributed by atoms with Gasteiger partial charge in [0.05, 0.1) is 5.54 Å². The summed E-state index contributed by atoms with van der Waals surface area (Å²) in [5.74, 6) is -0.0166. The van der Waals surface area contributed by atoms with Crippen molar-refractivity contribution >= 4 is 17.6 Å². The minimum absolute atomic E-state index is 0.203. The lowest BCUT2D eigenvalue weighted by Gasteiger charge is -2.43. The quantitative estimate of drug-likeness (QED) is 0.742. The van der Waals surface area contributed by atoms with Crippen molar-refractivity contribution in [3.05, 3.63) is 0 Å². The van der Waals surface area contributed by atoms with Crippen LogP contribution in [0, 0.1) is 5.41 Å². The van der Waals surface area contributed by atoms with Gasteiger partial charge in [-0.15, -0.1) is 0 Å². The number of amides is 2. The second-order valence-corrected chi connectivity index (χ2v) is 6.30. The molecule has 0 aromatic carbocycles. The third-order valence-corrected chi connectivity index (χ3v) is 4.98. The fourth-order valence-corrected chi connectivity index (χ4v) is 3.10. The molecule has 2 heterocycles. The Labute approximate surface area is 126 Å². The Bertz CT molecular complexity index is 460. The summed E-state index contributed by atoms with van der Waals surface area (Å²) in [5, 5.41) is 6.21. The predicted molar refractivity (Wildman–Crippen MR) is 82.1 cm³/mol. The first-order chi connectivity index (χ1) is 9.88. The van der Waals surface area contributed by atoms with Crippen LogP contribution in [0.25, 0.3) is 0 Å². The van der Waals surface area contributed by atoms with Gasteiger partial charge in [-0.1, -0.05) is 13.8 Å². The number of amidine groups is 1. The third kappa shape index (κ3) is 2.62. The van der Waals surface area contributed by atoms with Crippen LogP contribution in [0.15, 0.2) is 4.99 Å². The van der Waals surface area contributed by atoms with Crippen LogP contribution in [0.2, 0.25) is 0 Å². The van der Waals surface area contributed by atoms with Crippen molar-refractivity contribution in [2.45, 2.75) is 46.1 Å². The standard InChI is InChI=1S/C15H26N4O2/c1-5-15(6-2)12(20)17-11(18-13(15)21)14(3,4)19-9-7-16-8-10-19/h16H,5-10H2,1-4H3,(H,17,18,20,21). The van der Waals surface area contributed by atoms with E-state index in [1.165, 1.54) is 0 Å². The number of hydrogen-bond acceptors (Lipinski definition) is 4. The van der Waals surface area contributed by atoms with Crippen LogP contribution in [0.1, 0.15) is 40.5 Å². The monoisotopic (exact) mass is 294 g/mol. The molecular weight excluding hydrogens is 268 g/mol. The van der Waals surface area contributed by atoms with E-state index in [1.807, 2.05) is 27.7 Å². The molecule has 0 aliphatic carbocycles. The number of nitrogens with one attached hydrogen (secondary N) is 2. The zero-order chi connectivity index (χ0) is 15.7. The Hall–Kier alpha value is -1.27. The van der Waals surface area contributed by atoms with Gasteiger partial charge in [0.2, 0.25) is 5.91 Å². The van der Waals surface area contributed by atoms with E-state index >= 15 is 0 Å². The molecule has 0 aromatic rings. The van der Waals surface area contributed by atoms with Crippen molar-refractivity contribution in [3.63, 3.8) is 0 Å². The Kier molecular flexibility index (Phi) is 4.49. The summed E-state index contributed by atoms with van der Waals surface area (Å²) < 4.78 is 0. The van der Waals surface area contributed by atoms with Crippen LogP contribution >= 0.6 is 0 Å². The van der Waals surface area contributed by atoms with Crippen molar-refractivity contribution in [2.75, 3.05) is 26.2 Å². The highest BCUT2D eigenvalue weighted by molar-refractivity contribution is 6.20. The van der Waals surface area contributed by atoms with Gasteiger partial charge in [-0.3, -0.25) is 14.5 Å². The van der Waals surface area contributed by atoms with E-state index in [-0.39, 0.29) is 11.8 Å². The molecule has 2 aliphatic rings. The summed E-state index contributed by atoms with van der Waals surface area (Å²) in [4.78, 5) is 31.4. The molecule has 0 saturated carbocycles. The number of carbonyl (C=O) groups excluding carboxylic acids is 2. The zero-order valence-corrected chi connectivity index (χ0v) is 13.5. The lowest BCUT2D eigenvalue weighted by atomic mass is 9.79. The normalized spacial score (nSPS) is 23.7. The highest BCUT2D eigenvalue weighted by Gasteiger charge is 2.48. The molecular formula is C15H26N4O2. The highest BCUT2D eigenvalue weighted by Crippen LogP contribution is 2.32. The summed E-state index contributed by atoms with van der Waals surface area (Å²) in [5.41, 5.74) is -1.43. The maximum Gasteiger partial charge on any atom is 0.263 e. The third-order valence-electron chi connectivity index (χ3n) is 4.98. The van der Waals surface area contributed by atoms with Crippen molar-refractivity contribution < 1.29 is 9.59 Å². The predicted octanol–water partition coefficient (Wildman–Crippen LogP) is 0.532. The van der Waals surface area contributed by atoms with Crippen LogP contribution in [-0.4, -0.2) is 54.3 Å². The molecule has 0 atom stereocenters. The molecule has 21 heavy (non-hydrogen) atoms. The molecule has 1 saturated heterocycles. The van der Waals surface area contributed by atoms with Gasteiger partial charge in [0.25, 0.3) is 5.91 Å². The van der Waals surface area contributed by atoms with Crippen molar-refractivity contribution in [2.24, 2.45) is 10.4 Å². The number of nitrogens with zero attached hydrogens (tertiary/aromatic N) is 2. The average Bonchev–Trinajstić information content (AvgIpc) is 2.48. The van der Waals surface area contributed by atoms with Crippen LogP contribution in [0.5, 0.6) is 0 Å². The molecule has 6 nitrogen and oxygen atoms in total. The molecule has 6 heteroatoms. The van der Waals surface area contributed by atoms with Crippen molar-refractivity contribution in [1.82, 2.24) is 15.5 Å². The summed E-state index contributed by atoms with van der Waals surface area (Å²) in [6.07, 6.45) is 0.970. The minimum atomic E-state index is -0.983. The van der Waals surface area contributed by atoms with E-state index in [1.54, 1.807) is 0 Å². The van der Waals surface area contributed by atoms with Gasteiger partial charge in [0.15, 0.2) is 0 Å². The van der Waals surface area contributed by atoms with Crippen LogP contribution in [0.3, 0.4) is 0 Å². The highest BCUT2D eigenvalue weighted by atomic mass is 16.2. The van der Waals surface area contributed by atoms with Crippen molar-refractivity contribution in [1.29, 1.82) is 0 Å². The first kappa shape index (κ1) is 16.1. The Balaban J connectivity index is 2.29. The van der Waals surface area contributed by atoms with E-state index in [2.05, 4.69) is 20.5 Å². The van der Waals surface area contributed by atoms with Crippen LogP contribution in [0.4, 0.5) is 0 Å². The lowest BCUT2D eigenvalue weighted by molar-refractivity contribution is -0.142. The maximum atomic E-state index is 12.5. The van der Waals surface area contributed by atoms with Crippen LogP contribution < -0.4 is 10.6 Å².